The fourth-order valence-electron chi connectivity index (χ4n) is 3.90. The van der Waals surface area contributed by atoms with Gasteiger partial charge in [0.2, 0.25) is 0 Å². The van der Waals surface area contributed by atoms with E-state index in [9.17, 15) is 0 Å². The summed E-state index contributed by atoms with van der Waals surface area (Å²) in [6.07, 6.45) is 2.25. The van der Waals surface area contributed by atoms with Gasteiger partial charge in [0.05, 0.1) is 18.8 Å². The average Bonchev–Trinajstić information content (AvgIpc) is 2.54. The van der Waals surface area contributed by atoms with Gasteiger partial charge in [0.15, 0.2) is 0 Å². The summed E-state index contributed by atoms with van der Waals surface area (Å²) in [7, 11) is 0. The average molecular weight is 255 g/mol. The summed E-state index contributed by atoms with van der Waals surface area (Å²) < 4.78 is 12.2. The van der Waals surface area contributed by atoms with Crippen molar-refractivity contribution in [2.45, 2.75) is 64.7 Å². The molecular formula is C15H29NO2. The Kier molecular flexibility index (Phi) is 4.05. The molecule has 1 N–H and O–H groups in total. The van der Waals surface area contributed by atoms with E-state index in [1.807, 2.05) is 0 Å². The minimum absolute atomic E-state index is 0.139. The summed E-state index contributed by atoms with van der Waals surface area (Å²) in [4.78, 5) is 0. The minimum atomic E-state index is -0.184. The van der Waals surface area contributed by atoms with Crippen LogP contribution in [0.5, 0.6) is 0 Å². The van der Waals surface area contributed by atoms with Crippen molar-refractivity contribution < 1.29 is 9.47 Å². The molecule has 3 heteroatoms. The summed E-state index contributed by atoms with van der Waals surface area (Å²) >= 11 is 0. The van der Waals surface area contributed by atoms with Crippen molar-refractivity contribution in [2.24, 2.45) is 11.8 Å². The Balaban J connectivity index is 2.20. The van der Waals surface area contributed by atoms with E-state index < -0.39 is 0 Å². The van der Waals surface area contributed by atoms with E-state index in [0.717, 1.165) is 32.1 Å². The van der Waals surface area contributed by atoms with Crippen molar-refractivity contribution >= 4 is 0 Å². The van der Waals surface area contributed by atoms with Crippen LogP contribution < -0.4 is 5.32 Å². The van der Waals surface area contributed by atoms with Gasteiger partial charge in [0.1, 0.15) is 5.60 Å². The molecule has 2 rings (SSSR count). The highest BCUT2D eigenvalue weighted by Gasteiger charge is 2.58. The number of rotatable bonds is 3. The van der Waals surface area contributed by atoms with E-state index in [2.05, 4.69) is 39.9 Å². The van der Waals surface area contributed by atoms with Crippen LogP contribution in [-0.2, 0) is 9.47 Å². The van der Waals surface area contributed by atoms with Crippen LogP contribution in [0, 0.1) is 11.8 Å². The second kappa shape index (κ2) is 5.10. The van der Waals surface area contributed by atoms with Crippen molar-refractivity contribution in [1.82, 2.24) is 5.32 Å². The maximum atomic E-state index is 6.27. The predicted octanol–water partition coefficient (Wildman–Crippen LogP) is 2.59. The van der Waals surface area contributed by atoms with Gasteiger partial charge < -0.3 is 14.8 Å². The van der Waals surface area contributed by atoms with Gasteiger partial charge in [-0.1, -0.05) is 20.8 Å². The highest BCUT2D eigenvalue weighted by atomic mass is 16.6. The second-order valence-electron chi connectivity index (χ2n) is 6.89. The normalized spacial score (nSPS) is 37.3. The lowest BCUT2D eigenvalue weighted by atomic mass is 9.72. The van der Waals surface area contributed by atoms with Crippen LogP contribution >= 0.6 is 0 Å². The van der Waals surface area contributed by atoms with Crippen molar-refractivity contribution in [2.75, 3.05) is 19.8 Å². The topological polar surface area (TPSA) is 30.5 Å². The molecule has 0 amide bonds. The van der Waals surface area contributed by atoms with E-state index in [1.165, 1.54) is 6.42 Å². The van der Waals surface area contributed by atoms with Crippen LogP contribution in [0.25, 0.3) is 0 Å². The van der Waals surface area contributed by atoms with E-state index in [-0.39, 0.29) is 11.2 Å². The molecule has 18 heavy (non-hydrogen) atoms. The fourth-order valence-corrected chi connectivity index (χ4v) is 3.90. The monoisotopic (exact) mass is 255 g/mol. The Hall–Kier alpha value is -0.120. The third-order valence-electron chi connectivity index (χ3n) is 4.70. The lowest BCUT2D eigenvalue weighted by molar-refractivity contribution is -0.179. The number of nitrogens with one attached hydrogen (secondary N) is 1. The van der Waals surface area contributed by atoms with Gasteiger partial charge in [0.25, 0.3) is 0 Å². The highest BCUT2D eigenvalue weighted by molar-refractivity contribution is 5.11. The molecule has 0 aromatic rings. The van der Waals surface area contributed by atoms with Gasteiger partial charge in [-0.05, 0) is 32.1 Å². The SMILES string of the molecule is CC(C)CC(C)C1NCCOC12CCOC2(C)C. The Morgan fingerprint density at radius 1 is 1.17 bits per heavy atom. The molecule has 0 aliphatic carbocycles. The third kappa shape index (κ3) is 2.33. The van der Waals surface area contributed by atoms with Crippen LogP contribution in [0.4, 0.5) is 0 Å². The Morgan fingerprint density at radius 3 is 2.44 bits per heavy atom. The van der Waals surface area contributed by atoms with Crippen LogP contribution in [0.2, 0.25) is 0 Å². The maximum Gasteiger partial charge on any atom is 0.114 e. The maximum absolute atomic E-state index is 6.27. The van der Waals surface area contributed by atoms with Gasteiger partial charge in [0, 0.05) is 19.0 Å². The molecule has 2 heterocycles. The minimum Gasteiger partial charge on any atom is -0.372 e. The molecule has 0 radical (unpaired) electrons. The number of morpholine rings is 1. The molecule has 3 nitrogen and oxygen atoms in total. The lowest BCUT2D eigenvalue weighted by Crippen LogP contribution is -2.67. The molecule has 0 saturated carbocycles. The first-order valence-corrected chi connectivity index (χ1v) is 7.40. The summed E-state index contributed by atoms with van der Waals surface area (Å²) in [6, 6.07) is 0.408. The molecule has 3 unspecified atom stereocenters. The molecular weight excluding hydrogens is 226 g/mol. The van der Waals surface area contributed by atoms with Crippen molar-refractivity contribution in [3.63, 3.8) is 0 Å². The van der Waals surface area contributed by atoms with Crippen molar-refractivity contribution in [1.29, 1.82) is 0 Å². The van der Waals surface area contributed by atoms with E-state index in [4.69, 9.17) is 9.47 Å². The third-order valence-corrected chi connectivity index (χ3v) is 4.70. The molecule has 106 valence electrons. The summed E-state index contributed by atoms with van der Waals surface area (Å²) in [5.41, 5.74) is -0.324. The van der Waals surface area contributed by atoms with E-state index >= 15 is 0 Å². The quantitative estimate of drug-likeness (QED) is 0.841. The molecule has 2 aliphatic rings. The number of ether oxygens (including phenoxy) is 2. The van der Waals surface area contributed by atoms with Crippen molar-refractivity contribution in [3.8, 4) is 0 Å². The summed E-state index contributed by atoms with van der Waals surface area (Å²) in [5.74, 6) is 1.34. The summed E-state index contributed by atoms with van der Waals surface area (Å²) in [6.45, 7) is 13.9. The molecule has 2 aliphatic heterocycles. The van der Waals surface area contributed by atoms with Crippen LogP contribution in [0.15, 0.2) is 0 Å². The van der Waals surface area contributed by atoms with Gasteiger partial charge in [-0.25, -0.2) is 0 Å². The van der Waals surface area contributed by atoms with Gasteiger partial charge in [-0.15, -0.1) is 0 Å². The van der Waals surface area contributed by atoms with Gasteiger partial charge in [-0.3, -0.25) is 0 Å². The Labute approximate surface area is 112 Å². The van der Waals surface area contributed by atoms with Gasteiger partial charge >= 0.3 is 0 Å². The first-order chi connectivity index (χ1) is 8.39. The second-order valence-corrected chi connectivity index (χ2v) is 6.89. The first-order valence-electron chi connectivity index (χ1n) is 7.40. The fraction of sp³-hybridized carbons (Fsp3) is 1.00. The summed E-state index contributed by atoms with van der Waals surface area (Å²) in [5, 5.41) is 3.71. The molecule has 0 bridgehead atoms. The molecule has 0 aromatic carbocycles. The molecule has 2 saturated heterocycles. The zero-order valence-corrected chi connectivity index (χ0v) is 12.6. The Bertz CT molecular complexity index is 290. The predicted molar refractivity (Wildman–Crippen MR) is 73.7 cm³/mol. The first kappa shape index (κ1) is 14.3. The highest BCUT2D eigenvalue weighted by Crippen LogP contribution is 2.45. The van der Waals surface area contributed by atoms with Gasteiger partial charge in [-0.2, -0.15) is 0 Å². The zero-order valence-electron chi connectivity index (χ0n) is 12.6. The number of hydrogen-bond donors (Lipinski definition) is 1. The van der Waals surface area contributed by atoms with E-state index in [1.54, 1.807) is 0 Å². The lowest BCUT2D eigenvalue weighted by Gasteiger charge is -2.51. The van der Waals surface area contributed by atoms with Crippen molar-refractivity contribution in [3.05, 3.63) is 0 Å². The largest absolute Gasteiger partial charge is 0.372 e. The molecule has 3 atom stereocenters. The van der Waals surface area contributed by atoms with Crippen LogP contribution in [0.3, 0.4) is 0 Å². The molecule has 2 fully saturated rings. The zero-order chi connectivity index (χ0) is 13.4. The number of hydrogen-bond acceptors (Lipinski definition) is 3. The van der Waals surface area contributed by atoms with Crippen LogP contribution in [0.1, 0.15) is 47.5 Å². The standard InChI is InChI=1S/C15H29NO2/c1-11(2)10-12(3)13-15(18-9-7-16-13)6-8-17-14(15,4)5/h11-13,16H,6-10H2,1-5H3. The van der Waals surface area contributed by atoms with E-state index in [0.29, 0.717) is 12.0 Å². The van der Waals surface area contributed by atoms with Crippen LogP contribution in [-0.4, -0.2) is 37.0 Å². The molecule has 1 spiro atoms. The Morgan fingerprint density at radius 2 is 1.89 bits per heavy atom. The molecule has 0 aromatic heterocycles. The smallest absolute Gasteiger partial charge is 0.114 e.